The molecular weight excluding hydrogens is 425 g/mol. The van der Waals surface area contributed by atoms with Gasteiger partial charge in [-0.1, -0.05) is 24.3 Å². The fourth-order valence-electron chi connectivity index (χ4n) is 3.50. The molecule has 0 saturated carbocycles. The smallest absolute Gasteiger partial charge is 0.227 e. The zero-order valence-corrected chi connectivity index (χ0v) is 19.4. The summed E-state index contributed by atoms with van der Waals surface area (Å²) < 4.78 is 32.4. The van der Waals surface area contributed by atoms with Crippen LogP contribution in [-0.2, 0) is 16.0 Å². The topological polar surface area (TPSA) is 69.0 Å². The standard InChI is InChI=1S/C25H32FN3O4/c1-4-32-18-22(30)16-28(13-14-31-3)17-24-19(2)27-29(21-10-6-5-7-11-21)25(24)33-23-12-8-9-20(26)15-23/h5-12,15,22,30H,4,13-14,16-18H2,1-3H3/t22-/m0/s1. The van der Waals surface area contributed by atoms with Gasteiger partial charge in [0.2, 0.25) is 5.88 Å². The van der Waals surface area contributed by atoms with Gasteiger partial charge in [-0.3, -0.25) is 4.90 Å². The molecule has 0 bridgehead atoms. The number of para-hydroxylation sites is 1. The Kier molecular flexibility index (Phi) is 9.38. The molecule has 3 aromatic rings. The molecule has 178 valence electrons. The van der Waals surface area contributed by atoms with Gasteiger partial charge in [0.25, 0.3) is 0 Å². The number of halogens is 1. The van der Waals surface area contributed by atoms with Crippen LogP contribution >= 0.6 is 0 Å². The van der Waals surface area contributed by atoms with Crippen molar-refractivity contribution in [3.05, 3.63) is 71.7 Å². The molecule has 0 aliphatic heterocycles. The highest BCUT2D eigenvalue weighted by atomic mass is 19.1. The fourth-order valence-corrected chi connectivity index (χ4v) is 3.50. The zero-order valence-electron chi connectivity index (χ0n) is 19.4. The van der Waals surface area contributed by atoms with Crippen LogP contribution in [-0.4, -0.2) is 65.9 Å². The van der Waals surface area contributed by atoms with Gasteiger partial charge < -0.3 is 19.3 Å². The number of benzene rings is 2. The Balaban J connectivity index is 1.95. The predicted octanol–water partition coefficient (Wildman–Crippen LogP) is 3.96. The van der Waals surface area contributed by atoms with Crippen molar-refractivity contribution in [2.24, 2.45) is 0 Å². The highest BCUT2D eigenvalue weighted by Gasteiger charge is 2.22. The molecule has 0 saturated heterocycles. The van der Waals surface area contributed by atoms with Crippen LogP contribution in [0.1, 0.15) is 18.2 Å². The van der Waals surface area contributed by atoms with E-state index in [1.54, 1.807) is 23.9 Å². The van der Waals surface area contributed by atoms with Crippen LogP contribution in [0.3, 0.4) is 0 Å². The summed E-state index contributed by atoms with van der Waals surface area (Å²) in [6.07, 6.45) is -0.640. The van der Waals surface area contributed by atoms with E-state index < -0.39 is 6.10 Å². The Labute approximate surface area is 194 Å². The molecule has 1 heterocycles. The lowest BCUT2D eigenvalue weighted by Crippen LogP contribution is -2.36. The zero-order chi connectivity index (χ0) is 23.6. The van der Waals surface area contributed by atoms with Crippen molar-refractivity contribution < 1.29 is 23.7 Å². The molecule has 0 radical (unpaired) electrons. The van der Waals surface area contributed by atoms with E-state index >= 15 is 0 Å². The maximum Gasteiger partial charge on any atom is 0.227 e. The monoisotopic (exact) mass is 457 g/mol. The van der Waals surface area contributed by atoms with Gasteiger partial charge in [-0.05, 0) is 38.1 Å². The average Bonchev–Trinajstić information content (AvgIpc) is 3.11. The molecule has 8 heteroatoms. The van der Waals surface area contributed by atoms with E-state index in [0.717, 1.165) is 16.9 Å². The lowest BCUT2D eigenvalue weighted by molar-refractivity contribution is 0.0147. The number of ether oxygens (including phenoxy) is 3. The first-order valence-corrected chi connectivity index (χ1v) is 11.1. The summed E-state index contributed by atoms with van der Waals surface area (Å²) in [7, 11) is 1.64. The van der Waals surface area contributed by atoms with Crippen molar-refractivity contribution >= 4 is 0 Å². The normalized spacial score (nSPS) is 12.3. The number of rotatable bonds is 13. The van der Waals surface area contributed by atoms with Crippen LogP contribution in [0.4, 0.5) is 4.39 Å². The Morgan fingerprint density at radius 3 is 2.64 bits per heavy atom. The van der Waals surface area contributed by atoms with Crippen LogP contribution in [0, 0.1) is 12.7 Å². The van der Waals surface area contributed by atoms with E-state index in [9.17, 15) is 9.50 Å². The van der Waals surface area contributed by atoms with Crippen LogP contribution < -0.4 is 4.74 Å². The Morgan fingerprint density at radius 1 is 1.15 bits per heavy atom. The first-order chi connectivity index (χ1) is 16.0. The molecule has 3 rings (SSSR count). The van der Waals surface area contributed by atoms with Gasteiger partial charge in [0.1, 0.15) is 11.6 Å². The average molecular weight is 458 g/mol. The minimum absolute atomic E-state index is 0.259. The van der Waals surface area contributed by atoms with Gasteiger partial charge >= 0.3 is 0 Å². The molecule has 0 amide bonds. The predicted molar refractivity (Wildman–Crippen MR) is 124 cm³/mol. The molecule has 1 aromatic heterocycles. The third-order valence-electron chi connectivity index (χ3n) is 5.13. The first kappa shape index (κ1) is 24.9. The lowest BCUT2D eigenvalue weighted by atomic mass is 10.2. The second-order valence-electron chi connectivity index (χ2n) is 7.72. The summed E-state index contributed by atoms with van der Waals surface area (Å²) in [4.78, 5) is 2.07. The molecule has 7 nitrogen and oxygen atoms in total. The minimum atomic E-state index is -0.640. The molecule has 0 fully saturated rings. The fraction of sp³-hybridized carbons (Fsp3) is 0.400. The quantitative estimate of drug-likeness (QED) is 0.419. The SMILES string of the molecule is CCOC[C@@H](O)CN(CCOC)Cc1c(C)nn(-c2ccccc2)c1Oc1cccc(F)c1. The number of hydrogen-bond acceptors (Lipinski definition) is 6. The van der Waals surface area contributed by atoms with Crippen molar-refractivity contribution in [3.63, 3.8) is 0 Å². The number of aromatic nitrogens is 2. The van der Waals surface area contributed by atoms with E-state index in [-0.39, 0.29) is 12.4 Å². The number of hydrogen-bond donors (Lipinski definition) is 1. The summed E-state index contributed by atoms with van der Waals surface area (Å²) in [5.41, 5.74) is 2.47. The Bertz CT molecular complexity index is 997. The van der Waals surface area contributed by atoms with Gasteiger partial charge in [0.15, 0.2) is 0 Å². The molecule has 1 atom stereocenters. The molecule has 0 unspecified atom stereocenters. The van der Waals surface area contributed by atoms with Crippen molar-refractivity contribution in [1.29, 1.82) is 0 Å². The highest BCUT2D eigenvalue weighted by molar-refractivity contribution is 5.43. The largest absolute Gasteiger partial charge is 0.438 e. The van der Waals surface area contributed by atoms with Gasteiger partial charge in [-0.2, -0.15) is 5.10 Å². The maximum absolute atomic E-state index is 13.8. The van der Waals surface area contributed by atoms with Crippen molar-refractivity contribution in [1.82, 2.24) is 14.7 Å². The molecule has 33 heavy (non-hydrogen) atoms. The molecule has 0 spiro atoms. The number of aliphatic hydroxyl groups excluding tert-OH is 1. The van der Waals surface area contributed by atoms with Crippen LogP contribution in [0.15, 0.2) is 54.6 Å². The number of aliphatic hydroxyl groups is 1. The van der Waals surface area contributed by atoms with Crippen LogP contribution in [0.5, 0.6) is 11.6 Å². The third kappa shape index (κ3) is 7.10. The molecule has 1 N–H and O–H groups in total. The molecular formula is C25H32FN3O4. The second kappa shape index (κ2) is 12.5. The third-order valence-corrected chi connectivity index (χ3v) is 5.13. The first-order valence-electron chi connectivity index (χ1n) is 11.1. The van der Waals surface area contributed by atoms with Gasteiger partial charge in [-0.15, -0.1) is 0 Å². The van der Waals surface area contributed by atoms with E-state index in [1.165, 1.54) is 12.1 Å². The summed E-state index contributed by atoms with van der Waals surface area (Å²) >= 11 is 0. The molecule has 0 aliphatic carbocycles. The van der Waals surface area contributed by atoms with Gasteiger partial charge in [-0.25, -0.2) is 9.07 Å². The number of aryl methyl sites for hydroxylation is 1. The van der Waals surface area contributed by atoms with E-state index in [4.69, 9.17) is 19.3 Å². The Morgan fingerprint density at radius 2 is 1.94 bits per heavy atom. The summed E-state index contributed by atoms with van der Waals surface area (Å²) in [6, 6.07) is 15.7. The highest BCUT2D eigenvalue weighted by Crippen LogP contribution is 2.32. The summed E-state index contributed by atoms with van der Waals surface area (Å²) in [5, 5.41) is 15.1. The van der Waals surface area contributed by atoms with Gasteiger partial charge in [0.05, 0.1) is 36.3 Å². The second-order valence-corrected chi connectivity index (χ2v) is 7.72. The lowest BCUT2D eigenvalue weighted by Gasteiger charge is -2.25. The van der Waals surface area contributed by atoms with Crippen LogP contribution in [0.2, 0.25) is 0 Å². The van der Waals surface area contributed by atoms with Crippen molar-refractivity contribution in [2.75, 3.05) is 40.0 Å². The van der Waals surface area contributed by atoms with E-state index in [0.29, 0.717) is 44.5 Å². The van der Waals surface area contributed by atoms with Crippen molar-refractivity contribution in [3.8, 4) is 17.3 Å². The minimum Gasteiger partial charge on any atom is -0.438 e. The molecule has 2 aromatic carbocycles. The summed E-state index contributed by atoms with van der Waals surface area (Å²) in [5.74, 6) is 0.511. The number of methoxy groups -OCH3 is 1. The summed E-state index contributed by atoms with van der Waals surface area (Å²) in [6.45, 7) is 6.60. The van der Waals surface area contributed by atoms with E-state index in [2.05, 4.69) is 4.90 Å². The van der Waals surface area contributed by atoms with Crippen molar-refractivity contribution in [2.45, 2.75) is 26.5 Å². The maximum atomic E-state index is 13.8. The van der Waals surface area contributed by atoms with Gasteiger partial charge in [0, 0.05) is 39.4 Å². The Hall–Kier alpha value is -2.78. The van der Waals surface area contributed by atoms with E-state index in [1.807, 2.05) is 44.2 Å². The van der Waals surface area contributed by atoms with Crippen LogP contribution in [0.25, 0.3) is 5.69 Å². The molecule has 0 aliphatic rings. The number of nitrogens with zero attached hydrogens (tertiary/aromatic N) is 3.